The van der Waals surface area contributed by atoms with Crippen LogP contribution in [0.1, 0.15) is 31.5 Å². The van der Waals surface area contributed by atoms with Crippen LogP contribution >= 0.6 is 0 Å². The molecule has 0 spiro atoms. The highest BCUT2D eigenvalue weighted by Crippen LogP contribution is 2.33. The first kappa shape index (κ1) is 18.0. The van der Waals surface area contributed by atoms with Crippen LogP contribution in [0, 0.1) is 5.92 Å². The van der Waals surface area contributed by atoms with Crippen molar-refractivity contribution in [1.82, 2.24) is 29.9 Å². The van der Waals surface area contributed by atoms with E-state index >= 15 is 0 Å². The van der Waals surface area contributed by atoms with Crippen molar-refractivity contribution < 1.29 is 9.59 Å². The fraction of sp³-hybridized carbons (Fsp3) is 0.389. The van der Waals surface area contributed by atoms with E-state index in [0.717, 1.165) is 18.5 Å². The number of piperidine rings is 1. The number of carbonyl (C=O) groups is 2. The molecule has 3 aromatic heterocycles. The first-order valence-corrected chi connectivity index (χ1v) is 9.13. The second kappa shape index (κ2) is 6.95. The Bertz CT molecular complexity index is 1040. The van der Waals surface area contributed by atoms with Gasteiger partial charge in [0.1, 0.15) is 5.82 Å². The molecule has 0 saturated carbocycles. The van der Waals surface area contributed by atoms with Gasteiger partial charge >= 0.3 is 11.8 Å². The molecule has 10 heteroatoms. The third-order valence-corrected chi connectivity index (χ3v) is 5.24. The summed E-state index contributed by atoms with van der Waals surface area (Å²) in [5, 5.41) is 14.1. The van der Waals surface area contributed by atoms with Crippen LogP contribution in [0.5, 0.6) is 0 Å². The lowest BCUT2D eigenvalue weighted by molar-refractivity contribution is -0.146. The molecule has 4 rings (SSSR count). The Morgan fingerprint density at radius 1 is 1.32 bits per heavy atom. The molecule has 4 heterocycles. The van der Waals surface area contributed by atoms with Crippen molar-refractivity contribution in [2.75, 3.05) is 17.6 Å². The van der Waals surface area contributed by atoms with E-state index in [1.165, 1.54) is 12.4 Å². The van der Waals surface area contributed by atoms with Gasteiger partial charge in [0.15, 0.2) is 0 Å². The number of amides is 2. The fourth-order valence-electron chi connectivity index (χ4n) is 3.75. The molecular weight excluding hydrogens is 360 g/mol. The van der Waals surface area contributed by atoms with Crippen LogP contribution in [0.4, 0.5) is 11.5 Å². The van der Waals surface area contributed by atoms with E-state index in [1.54, 1.807) is 15.8 Å². The van der Waals surface area contributed by atoms with E-state index in [1.807, 2.05) is 13.1 Å². The van der Waals surface area contributed by atoms with E-state index in [4.69, 9.17) is 5.73 Å². The smallest absolute Gasteiger partial charge is 0.314 e. The zero-order valence-electron chi connectivity index (χ0n) is 15.7. The standard InChI is InChI=1S/C18H22N8O2/c1-10-3-4-14(13-5-6-22-25(13)2)26(9-10)18(28)17(27)23-12-8-20-16(19)11-7-21-24-15(11)12/h5-8,10,14H,3-4,9H2,1-2H3,(H2,19,20)(H,21,24)(H,23,27)/t10?,14-/m0/s1. The Hall–Kier alpha value is -3.43. The van der Waals surface area contributed by atoms with Crippen LogP contribution in [0.3, 0.4) is 0 Å². The van der Waals surface area contributed by atoms with Crippen molar-refractivity contribution in [3.63, 3.8) is 0 Å². The van der Waals surface area contributed by atoms with Crippen LogP contribution in [0.25, 0.3) is 10.9 Å². The number of hydrogen-bond acceptors (Lipinski definition) is 6. The van der Waals surface area contributed by atoms with E-state index in [2.05, 4.69) is 32.5 Å². The van der Waals surface area contributed by atoms with Gasteiger partial charge in [0.05, 0.1) is 40.7 Å². The number of H-pyrrole nitrogens is 1. The minimum Gasteiger partial charge on any atom is -0.383 e. The predicted octanol–water partition coefficient (Wildman–Crippen LogP) is 1.21. The quantitative estimate of drug-likeness (QED) is 0.570. The van der Waals surface area contributed by atoms with Gasteiger partial charge in [-0.3, -0.25) is 19.4 Å². The summed E-state index contributed by atoms with van der Waals surface area (Å²) in [4.78, 5) is 31.5. The Morgan fingerprint density at radius 3 is 2.89 bits per heavy atom. The first-order valence-electron chi connectivity index (χ1n) is 9.13. The molecule has 28 heavy (non-hydrogen) atoms. The molecule has 0 bridgehead atoms. The topological polar surface area (TPSA) is 135 Å². The monoisotopic (exact) mass is 382 g/mol. The molecule has 1 aliphatic rings. The second-order valence-corrected chi connectivity index (χ2v) is 7.21. The van der Waals surface area contributed by atoms with Crippen LogP contribution < -0.4 is 11.1 Å². The summed E-state index contributed by atoms with van der Waals surface area (Å²) in [6, 6.07) is 1.70. The van der Waals surface area contributed by atoms with Gasteiger partial charge in [-0.2, -0.15) is 10.2 Å². The number of carbonyl (C=O) groups excluding carboxylic acids is 2. The molecule has 1 aliphatic heterocycles. The Labute approximate surface area is 161 Å². The Kier molecular flexibility index (Phi) is 4.46. The summed E-state index contributed by atoms with van der Waals surface area (Å²) in [5.41, 5.74) is 7.62. The summed E-state index contributed by atoms with van der Waals surface area (Å²) in [6.07, 6.45) is 6.41. The molecule has 3 aromatic rings. The number of hydrogen-bond donors (Lipinski definition) is 3. The van der Waals surface area contributed by atoms with Crippen molar-refractivity contribution >= 4 is 34.2 Å². The molecule has 10 nitrogen and oxygen atoms in total. The number of nitrogens with two attached hydrogens (primary N) is 1. The summed E-state index contributed by atoms with van der Waals surface area (Å²) < 4.78 is 1.75. The van der Waals surface area contributed by atoms with Gasteiger partial charge in [0, 0.05) is 19.8 Å². The molecule has 2 atom stereocenters. The highest BCUT2D eigenvalue weighted by atomic mass is 16.2. The summed E-state index contributed by atoms with van der Waals surface area (Å²) in [7, 11) is 1.84. The Balaban J connectivity index is 1.59. The molecule has 2 amide bonds. The van der Waals surface area contributed by atoms with Crippen molar-refractivity contribution in [3.8, 4) is 0 Å². The maximum absolute atomic E-state index is 13.0. The summed E-state index contributed by atoms with van der Waals surface area (Å²) in [6.45, 7) is 2.59. The normalized spacial score (nSPS) is 19.7. The molecule has 0 aromatic carbocycles. The van der Waals surface area contributed by atoms with Gasteiger partial charge in [0.25, 0.3) is 0 Å². The predicted molar refractivity (Wildman–Crippen MR) is 103 cm³/mol. The van der Waals surface area contributed by atoms with E-state index < -0.39 is 11.8 Å². The van der Waals surface area contributed by atoms with Crippen molar-refractivity contribution in [1.29, 1.82) is 0 Å². The van der Waals surface area contributed by atoms with Gasteiger partial charge in [-0.25, -0.2) is 4.98 Å². The zero-order valence-corrected chi connectivity index (χ0v) is 15.7. The lowest BCUT2D eigenvalue weighted by Crippen LogP contribution is -2.47. The largest absolute Gasteiger partial charge is 0.383 e. The third-order valence-electron chi connectivity index (χ3n) is 5.24. The van der Waals surface area contributed by atoms with Gasteiger partial charge in [-0.05, 0) is 24.8 Å². The zero-order chi connectivity index (χ0) is 19.8. The molecule has 0 radical (unpaired) electrons. The van der Waals surface area contributed by atoms with Gasteiger partial charge in [-0.1, -0.05) is 6.92 Å². The first-order chi connectivity index (χ1) is 13.5. The number of aromatic amines is 1. The maximum atomic E-state index is 13.0. The second-order valence-electron chi connectivity index (χ2n) is 7.21. The molecular formula is C18H22N8O2. The average Bonchev–Trinajstić information content (AvgIpc) is 3.33. The number of rotatable bonds is 2. The minimum absolute atomic E-state index is 0.182. The van der Waals surface area contributed by atoms with Crippen molar-refractivity contribution in [2.24, 2.45) is 13.0 Å². The molecule has 4 N–H and O–H groups in total. The third kappa shape index (κ3) is 3.06. The lowest BCUT2D eigenvalue weighted by atomic mass is 9.92. The Morgan fingerprint density at radius 2 is 2.14 bits per heavy atom. The van der Waals surface area contributed by atoms with E-state index in [9.17, 15) is 9.59 Å². The number of anilines is 2. The van der Waals surface area contributed by atoms with E-state index in [-0.39, 0.29) is 6.04 Å². The number of pyridine rings is 1. The van der Waals surface area contributed by atoms with Gasteiger partial charge in [-0.15, -0.1) is 0 Å². The number of aryl methyl sites for hydroxylation is 1. The van der Waals surface area contributed by atoms with Crippen LogP contribution in [0.2, 0.25) is 0 Å². The lowest BCUT2D eigenvalue weighted by Gasteiger charge is -2.38. The maximum Gasteiger partial charge on any atom is 0.314 e. The number of nitrogens with one attached hydrogen (secondary N) is 2. The molecule has 0 aliphatic carbocycles. The minimum atomic E-state index is -0.719. The summed E-state index contributed by atoms with van der Waals surface area (Å²) >= 11 is 0. The van der Waals surface area contributed by atoms with Crippen LogP contribution in [0.15, 0.2) is 24.7 Å². The fourth-order valence-corrected chi connectivity index (χ4v) is 3.75. The van der Waals surface area contributed by atoms with E-state index in [0.29, 0.717) is 34.9 Å². The molecule has 1 unspecified atom stereocenters. The highest BCUT2D eigenvalue weighted by Gasteiger charge is 2.35. The molecule has 1 saturated heterocycles. The van der Waals surface area contributed by atoms with Gasteiger partial charge in [0.2, 0.25) is 0 Å². The molecule has 146 valence electrons. The average molecular weight is 382 g/mol. The number of nitrogens with zero attached hydrogens (tertiary/aromatic N) is 5. The number of likely N-dealkylation sites (tertiary alicyclic amines) is 1. The molecule has 1 fully saturated rings. The summed E-state index contributed by atoms with van der Waals surface area (Å²) in [5.74, 6) is -0.682. The van der Waals surface area contributed by atoms with Gasteiger partial charge < -0.3 is 16.0 Å². The number of nitrogen functional groups attached to an aromatic ring is 1. The SMILES string of the molecule is CC1CC[C@@H](c2ccnn2C)N(C(=O)C(=O)Nc2cnc(N)c3cn[nH]c23)C1. The van der Waals surface area contributed by atoms with Crippen LogP contribution in [-0.2, 0) is 16.6 Å². The number of fused-ring (bicyclic) bond motifs is 1. The number of aromatic nitrogens is 5. The van der Waals surface area contributed by atoms with Crippen molar-refractivity contribution in [3.05, 3.63) is 30.4 Å². The van der Waals surface area contributed by atoms with Crippen molar-refractivity contribution in [2.45, 2.75) is 25.8 Å². The van der Waals surface area contributed by atoms with Crippen LogP contribution in [-0.4, -0.2) is 48.2 Å². The highest BCUT2D eigenvalue weighted by molar-refractivity contribution is 6.40.